The maximum Gasteiger partial charge on any atom is 0.336 e. The predicted molar refractivity (Wildman–Crippen MR) is 132 cm³/mol. The van der Waals surface area contributed by atoms with Crippen LogP contribution in [0.2, 0.25) is 0 Å². The Hall–Kier alpha value is -4.84. The quantitative estimate of drug-likeness (QED) is 0.363. The van der Waals surface area contributed by atoms with Gasteiger partial charge in [0.05, 0.1) is 11.1 Å². The largest absolute Gasteiger partial charge is 0.478 e. The number of rotatable bonds is 4. The first-order chi connectivity index (χ1) is 16.7. The SMILES string of the molecule is O=C(O)c1ccccc1-c1ccc(-c2ccn3c(-c4ccnc5ccccc45)nnc3c2)cc1. The molecule has 0 aliphatic rings. The minimum atomic E-state index is -0.935. The first-order valence-corrected chi connectivity index (χ1v) is 10.8. The highest BCUT2D eigenvalue weighted by atomic mass is 16.4. The zero-order valence-electron chi connectivity index (χ0n) is 18.0. The minimum absolute atomic E-state index is 0.288. The van der Waals surface area contributed by atoms with Gasteiger partial charge in [-0.15, -0.1) is 10.2 Å². The summed E-state index contributed by atoms with van der Waals surface area (Å²) in [6.45, 7) is 0. The number of pyridine rings is 2. The average Bonchev–Trinajstić information content (AvgIpc) is 3.31. The van der Waals surface area contributed by atoms with Gasteiger partial charge in [-0.2, -0.15) is 0 Å². The van der Waals surface area contributed by atoms with Crippen molar-refractivity contribution in [3.63, 3.8) is 0 Å². The number of hydrogen-bond donors (Lipinski definition) is 1. The van der Waals surface area contributed by atoms with Gasteiger partial charge in [0.2, 0.25) is 0 Å². The van der Waals surface area contributed by atoms with Crippen LogP contribution in [-0.4, -0.2) is 30.7 Å². The summed E-state index contributed by atoms with van der Waals surface area (Å²) in [6, 6.07) is 28.9. The molecule has 6 heteroatoms. The number of carboxylic acid groups (broad SMARTS) is 1. The van der Waals surface area contributed by atoms with Gasteiger partial charge in [-0.3, -0.25) is 9.38 Å². The summed E-state index contributed by atoms with van der Waals surface area (Å²) in [5.41, 5.74) is 6.50. The number of aromatic nitrogens is 4. The molecule has 162 valence electrons. The zero-order valence-corrected chi connectivity index (χ0v) is 18.0. The number of para-hydroxylation sites is 1. The predicted octanol–water partition coefficient (Wildman–Crippen LogP) is 5.98. The second kappa shape index (κ2) is 7.94. The van der Waals surface area contributed by atoms with Crippen molar-refractivity contribution in [1.29, 1.82) is 0 Å². The summed E-state index contributed by atoms with van der Waals surface area (Å²) in [6.07, 6.45) is 3.76. The summed E-state index contributed by atoms with van der Waals surface area (Å²) in [4.78, 5) is 16.0. The first-order valence-electron chi connectivity index (χ1n) is 10.8. The van der Waals surface area contributed by atoms with E-state index in [1.165, 1.54) is 0 Å². The van der Waals surface area contributed by atoms with E-state index < -0.39 is 5.97 Å². The lowest BCUT2D eigenvalue weighted by Crippen LogP contribution is -1.98. The fourth-order valence-corrected chi connectivity index (χ4v) is 4.31. The molecule has 6 rings (SSSR count). The lowest BCUT2D eigenvalue weighted by Gasteiger charge is -2.08. The number of carbonyl (C=O) groups is 1. The van der Waals surface area contributed by atoms with Crippen molar-refractivity contribution < 1.29 is 9.90 Å². The molecule has 0 unspecified atom stereocenters. The Morgan fingerprint density at radius 3 is 2.35 bits per heavy atom. The molecule has 0 saturated heterocycles. The van der Waals surface area contributed by atoms with Gasteiger partial charge in [0.15, 0.2) is 11.5 Å². The number of benzene rings is 3. The fraction of sp³-hybridized carbons (Fsp3) is 0. The van der Waals surface area contributed by atoms with E-state index in [9.17, 15) is 9.90 Å². The number of nitrogens with zero attached hydrogens (tertiary/aromatic N) is 4. The van der Waals surface area contributed by atoms with Crippen LogP contribution in [0.1, 0.15) is 10.4 Å². The second-order valence-corrected chi connectivity index (χ2v) is 7.97. The Kier molecular flexibility index (Phi) is 4.63. The van der Waals surface area contributed by atoms with Crippen LogP contribution < -0.4 is 0 Å². The maximum absolute atomic E-state index is 11.6. The van der Waals surface area contributed by atoms with Crippen molar-refractivity contribution in [3.05, 3.63) is 109 Å². The van der Waals surface area contributed by atoms with Gasteiger partial charge in [-0.05, 0) is 52.6 Å². The van der Waals surface area contributed by atoms with Gasteiger partial charge in [0.1, 0.15) is 0 Å². The second-order valence-electron chi connectivity index (χ2n) is 7.97. The van der Waals surface area contributed by atoms with Crippen LogP contribution in [0.3, 0.4) is 0 Å². The van der Waals surface area contributed by atoms with Crippen LogP contribution in [0.5, 0.6) is 0 Å². The third kappa shape index (κ3) is 3.29. The summed E-state index contributed by atoms with van der Waals surface area (Å²) in [5, 5.41) is 19.4. The molecule has 0 aliphatic heterocycles. The molecule has 0 amide bonds. The Morgan fingerprint density at radius 2 is 1.50 bits per heavy atom. The van der Waals surface area contributed by atoms with E-state index >= 15 is 0 Å². The molecular formula is C28H18N4O2. The molecule has 0 spiro atoms. The average molecular weight is 442 g/mol. The molecule has 3 aromatic carbocycles. The van der Waals surface area contributed by atoms with Crippen LogP contribution in [0.4, 0.5) is 0 Å². The maximum atomic E-state index is 11.6. The number of fused-ring (bicyclic) bond motifs is 2. The van der Waals surface area contributed by atoms with Gasteiger partial charge >= 0.3 is 5.97 Å². The van der Waals surface area contributed by atoms with Crippen molar-refractivity contribution in [2.75, 3.05) is 0 Å². The van der Waals surface area contributed by atoms with Gasteiger partial charge in [-0.25, -0.2) is 4.79 Å². The van der Waals surface area contributed by atoms with Crippen LogP contribution in [-0.2, 0) is 0 Å². The molecule has 3 heterocycles. The molecule has 0 saturated carbocycles. The molecule has 6 aromatic rings. The molecule has 0 bridgehead atoms. The van der Waals surface area contributed by atoms with E-state index in [0.29, 0.717) is 5.56 Å². The minimum Gasteiger partial charge on any atom is -0.478 e. The zero-order chi connectivity index (χ0) is 23.1. The van der Waals surface area contributed by atoms with Crippen LogP contribution >= 0.6 is 0 Å². The fourth-order valence-electron chi connectivity index (χ4n) is 4.31. The Bertz CT molecular complexity index is 1680. The molecule has 0 radical (unpaired) electrons. The van der Waals surface area contributed by atoms with Crippen molar-refractivity contribution in [2.24, 2.45) is 0 Å². The van der Waals surface area contributed by atoms with E-state index in [1.54, 1.807) is 18.3 Å². The first kappa shape index (κ1) is 19.8. The standard InChI is InChI=1S/C28H18N4O2/c33-28(34)24-7-2-1-5-21(24)19-11-9-18(10-12-19)20-14-16-32-26(17-20)30-31-27(32)23-13-15-29-25-8-4-3-6-22(23)25/h1-17H,(H,33,34). The lowest BCUT2D eigenvalue weighted by atomic mass is 9.97. The molecular weight excluding hydrogens is 424 g/mol. The Morgan fingerprint density at radius 1 is 0.735 bits per heavy atom. The number of carboxylic acids is 1. The molecule has 0 atom stereocenters. The molecule has 3 aromatic heterocycles. The van der Waals surface area contributed by atoms with E-state index in [4.69, 9.17) is 0 Å². The van der Waals surface area contributed by atoms with E-state index in [2.05, 4.69) is 15.2 Å². The summed E-state index contributed by atoms with van der Waals surface area (Å²) >= 11 is 0. The molecule has 1 N–H and O–H groups in total. The van der Waals surface area contributed by atoms with E-state index in [0.717, 1.165) is 44.6 Å². The van der Waals surface area contributed by atoms with Gasteiger partial charge in [-0.1, -0.05) is 60.7 Å². The monoisotopic (exact) mass is 442 g/mol. The molecule has 0 fully saturated rings. The van der Waals surface area contributed by atoms with Gasteiger partial charge in [0.25, 0.3) is 0 Å². The highest BCUT2D eigenvalue weighted by Gasteiger charge is 2.13. The molecule has 34 heavy (non-hydrogen) atoms. The summed E-state index contributed by atoms with van der Waals surface area (Å²) < 4.78 is 1.97. The van der Waals surface area contributed by atoms with Crippen molar-refractivity contribution in [1.82, 2.24) is 19.6 Å². The third-order valence-corrected chi connectivity index (χ3v) is 5.99. The number of hydrogen-bond acceptors (Lipinski definition) is 4. The topological polar surface area (TPSA) is 80.4 Å². The normalized spacial score (nSPS) is 11.2. The smallest absolute Gasteiger partial charge is 0.336 e. The van der Waals surface area contributed by atoms with Gasteiger partial charge < -0.3 is 5.11 Å². The van der Waals surface area contributed by atoms with E-state index in [-0.39, 0.29) is 5.56 Å². The third-order valence-electron chi connectivity index (χ3n) is 5.99. The van der Waals surface area contributed by atoms with Crippen molar-refractivity contribution in [3.8, 4) is 33.6 Å². The van der Waals surface area contributed by atoms with Crippen LogP contribution in [0.15, 0.2) is 103 Å². The highest BCUT2D eigenvalue weighted by molar-refractivity contribution is 5.96. The summed E-state index contributed by atoms with van der Waals surface area (Å²) in [5.74, 6) is -0.171. The number of aromatic carboxylic acids is 1. The molecule has 6 nitrogen and oxygen atoms in total. The van der Waals surface area contributed by atoms with Crippen molar-refractivity contribution >= 4 is 22.5 Å². The van der Waals surface area contributed by atoms with Crippen LogP contribution in [0, 0.1) is 0 Å². The molecule has 0 aliphatic carbocycles. The van der Waals surface area contributed by atoms with Gasteiger partial charge in [0, 0.05) is 23.3 Å². The van der Waals surface area contributed by atoms with Crippen molar-refractivity contribution in [2.45, 2.75) is 0 Å². The van der Waals surface area contributed by atoms with Crippen LogP contribution in [0.25, 0.3) is 50.2 Å². The lowest BCUT2D eigenvalue weighted by molar-refractivity contribution is 0.0697. The highest BCUT2D eigenvalue weighted by Crippen LogP contribution is 2.30. The Labute approximate surface area is 194 Å². The Balaban J connectivity index is 1.38. The summed E-state index contributed by atoms with van der Waals surface area (Å²) in [7, 11) is 0. The van der Waals surface area contributed by atoms with E-state index in [1.807, 2.05) is 89.5 Å².